The second kappa shape index (κ2) is 3.68. The van der Waals surface area contributed by atoms with Gasteiger partial charge in [-0.3, -0.25) is 0 Å². The topological polar surface area (TPSA) is 0 Å². The molecule has 0 nitrogen and oxygen atoms in total. The Morgan fingerprint density at radius 2 is 2.09 bits per heavy atom. The van der Waals surface area contributed by atoms with E-state index in [1.165, 1.54) is 12.1 Å². The van der Waals surface area contributed by atoms with Crippen LogP contribution in [0.5, 0.6) is 0 Å². The molecule has 1 aromatic carbocycles. The lowest BCUT2D eigenvalue weighted by Gasteiger charge is -2.04. The van der Waals surface area contributed by atoms with Crippen LogP contribution in [0.1, 0.15) is 11.1 Å². The molecule has 0 saturated heterocycles. The Bertz CT molecular complexity index is 248. The van der Waals surface area contributed by atoms with E-state index < -0.39 is 0 Å². The maximum absolute atomic E-state index is 12.7. The summed E-state index contributed by atoms with van der Waals surface area (Å²) >= 11 is 6.62. The van der Waals surface area contributed by atoms with Crippen LogP contribution in [0.3, 0.4) is 0 Å². The molecule has 0 saturated carbocycles. The van der Waals surface area contributed by atoms with E-state index in [1.54, 1.807) is 0 Å². The zero-order valence-corrected chi connectivity index (χ0v) is 9.17. The molecule has 0 bridgehead atoms. The van der Waals surface area contributed by atoms with E-state index >= 15 is 0 Å². The number of aryl methyl sites for hydroxylation is 1. The second-order valence-corrected chi connectivity index (χ2v) is 3.73. The van der Waals surface area contributed by atoms with Crippen LogP contribution in [0, 0.1) is 12.7 Å². The summed E-state index contributed by atoms with van der Waals surface area (Å²) in [7, 11) is 0. The molecule has 0 aliphatic heterocycles. The predicted molar refractivity (Wildman–Crippen MR) is 51.5 cm³/mol. The minimum absolute atomic E-state index is 0.195. The van der Waals surface area contributed by atoms with Gasteiger partial charge in [-0.25, -0.2) is 4.39 Å². The first-order chi connectivity index (χ1) is 5.15. The van der Waals surface area contributed by atoms with Gasteiger partial charge in [0.1, 0.15) is 5.82 Å². The zero-order valence-electron chi connectivity index (χ0n) is 6.00. The molecule has 0 aliphatic carbocycles. The van der Waals surface area contributed by atoms with Crippen LogP contribution < -0.4 is 0 Å². The molecule has 0 N–H and O–H groups in total. The molecule has 1 rings (SSSR count). The average molecular weight is 282 g/mol. The first-order valence-corrected chi connectivity index (χ1v) is 5.07. The van der Waals surface area contributed by atoms with Crippen molar-refractivity contribution in [3.63, 3.8) is 0 Å². The van der Waals surface area contributed by atoms with Crippen molar-refractivity contribution in [2.45, 2.75) is 12.3 Å². The number of halogens is 3. The van der Waals surface area contributed by atoms with Gasteiger partial charge in [-0.05, 0) is 30.2 Å². The number of benzene rings is 1. The highest BCUT2D eigenvalue weighted by Gasteiger charge is 2.03. The van der Waals surface area contributed by atoms with Crippen LogP contribution in [0.2, 0.25) is 0 Å². The first kappa shape index (κ1) is 9.20. The molecular weight excluding hydrogens is 275 g/mol. The fourth-order valence-corrected chi connectivity index (χ4v) is 2.69. The third-order valence-corrected chi connectivity index (χ3v) is 2.79. The van der Waals surface area contributed by atoms with Gasteiger partial charge in [-0.1, -0.05) is 31.9 Å². The van der Waals surface area contributed by atoms with Crippen molar-refractivity contribution in [2.24, 2.45) is 0 Å². The lowest BCUT2D eigenvalue weighted by molar-refractivity contribution is 0.625. The summed E-state index contributed by atoms with van der Waals surface area (Å²) in [5.74, 6) is -0.195. The van der Waals surface area contributed by atoms with Crippen molar-refractivity contribution in [2.75, 3.05) is 0 Å². The van der Waals surface area contributed by atoms with Gasteiger partial charge in [0.25, 0.3) is 0 Å². The van der Waals surface area contributed by atoms with Crippen molar-refractivity contribution in [3.05, 3.63) is 33.5 Å². The Morgan fingerprint density at radius 3 is 2.55 bits per heavy atom. The van der Waals surface area contributed by atoms with Crippen LogP contribution >= 0.6 is 31.9 Å². The Kier molecular flexibility index (Phi) is 3.07. The number of hydrogen-bond donors (Lipinski definition) is 0. The molecular formula is C8H7Br2F. The van der Waals surface area contributed by atoms with Gasteiger partial charge in [0.2, 0.25) is 0 Å². The van der Waals surface area contributed by atoms with Crippen LogP contribution in [-0.4, -0.2) is 0 Å². The molecule has 0 atom stereocenters. The monoisotopic (exact) mass is 280 g/mol. The lowest BCUT2D eigenvalue weighted by atomic mass is 10.1. The van der Waals surface area contributed by atoms with E-state index in [0.717, 1.165) is 20.9 Å². The smallest absolute Gasteiger partial charge is 0.124 e. The van der Waals surface area contributed by atoms with Gasteiger partial charge < -0.3 is 0 Å². The first-order valence-electron chi connectivity index (χ1n) is 3.15. The third kappa shape index (κ3) is 2.03. The van der Waals surface area contributed by atoms with Crippen molar-refractivity contribution in [1.29, 1.82) is 0 Å². The summed E-state index contributed by atoms with van der Waals surface area (Å²) in [6.07, 6.45) is 0. The molecule has 0 aliphatic rings. The highest BCUT2D eigenvalue weighted by atomic mass is 79.9. The standard InChI is InChI=1S/C8H7Br2F/c1-5-2-6(11)3-8(10)7(5)4-9/h2-3H,4H2,1H3. The van der Waals surface area contributed by atoms with Crippen LogP contribution in [0.25, 0.3) is 0 Å². The maximum Gasteiger partial charge on any atom is 0.124 e. The molecule has 0 spiro atoms. The molecule has 1 aromatic rings. The van der Waals surface area contributed by atoms with E-state index in [1.807, 2.05) is 6.92 Å². The molecule has 0 fully saturated rings. The van der Waals surface area contributed by atoms with E-state index in [0.29, 0.717) is 0 Å². The van der Waals surface area contributed by atoms with Gasteiger partial charge in [0, 0.05) is 9.80 Å². The summed E-state index contributed by atoms with van der Waals surface area (Å²) in [5, 5.41) is 0.750. The normalized spacial score (nSPS) is 10.2. The largest absolute Gasteiger partial charge is 0.207 e. The summed E-state index contributed by atoms with van der Waals surface area (Å²) in [4.78, 5) is 0. The van der Waals surface area contributed by atoms with E-state index in [2.05, 4.69) is 31.9 Å². The average Bonchev–Trinajstić information content (AvgIpc) is 1.85. The van der Waals surface area contributed by atoms with Crippen molar-refractivity contribution in [3.8, 4) is 0 Å². The molecule has 3 heteroatoms. The van der Waals surface area contributed by atoms with Gasteiger partial charge in [0.15, 0.2) is 0 Å². The molecule has 0 radical (unpaired) electrons. The molecule has 11 heavy (non-hydrogen) atoms. The second-order valence-electron chi connectivity index (χ2n) is 2.32. The summed E-state index contributed by atoms with van der Waals surface area (Å²) in [6.45, 7) is 1.89. The van der Waals surface area contributed by atoms with Gasteiger partial charge in [-0.2, -0.15) is 0 Å². The Morgan fingerprint density at radius 1 is 1.45 bits per heavy atom. The number of rotatable bonds is 1. The van der Waals surface area contributed by atoms with E-state index in [-0.39, 0.29) is 5.82 Å². The minimum Gasteiger partial charge on any atom is -0.207 e. The quantitative estimate of drug-likeness (QED) is 0.687. The predicted octanol–water partition coefficient (Wildman–Crippen LogP) is 3.79. The fourth-order valence-electron chi connectivity index (χ4n) is 0.901. The Balaban J connectivity index is 3.25. The highest BCUT2D eigenvalue weighted by Crippen LogP contribution is 2.23. The van der Waals surface area contributed by atoms with Crippen molar-refractivity contribution < 1.29 is 4.39 Å². The van der Waals surface area contributed by atoms with Gasteiger partial charge in [0.05, 0.1) is 0 Å². The van der Waals surface area contributed by atoms with Crippen LogP contribution in [0.15, 0.2) is 16.6 Å². The summed E-state index contributed by atoms with van der Waals surface area (Å²) < 4.78 is 13.5. The van der Waals surface area contributed by atoms with Gasteiger partial charge >= 0.3 is 0 Å². The SMILES string of the molecule is Cc1cc(F)cc(Br)c1CBr. The van der Waals surface area contributed by atoms with Gasteiger partial charge in [-0.15, -0.1) is 0 Å². The molecule has 0 heterocycles. The van der Waals surface area contributed by atoms with E-state index in [4.69, 9.17) is 0 Å². The van der Waals surface area contributed by atoms with Crippen molar-refractivity contribution >= 4 is 31.9 Å². The molecule has 60 valence electrons. The number of hydrogen-bond acceptors (Lipinski definition) is 0. The summed E-state index contributed by atoms with van der Waals surface area (Å²) in [6, 6.07) is 3.00. The zero-order chi connectivity index (χ0) is 8.43. The molecule has 0 aromatic heterocycles. The Labute approximate surface area is 82.1 Å². The molecule has 0 amide bonds. The van der Waals surface area contributed by atoms with Crippen LogP contribution in [0.4, 0.5) is 4.39 Å². The highest BCUT2D eigenvalue weighted by molar-refractivity contribution is 9.10. The lowest BCUT2D eigenvalue weighted by Crippen LogP contribution is -1.88. The maximum atomic E-state index is 12.7. The van der Waals surface area contributed by atoms with E-state index in [9.17, 15) is 4.39 Å². The third-order valence-electron chi connectivity index (χ3n) is 1.52. The number of alkyl halides is 1. The molecule has 0 unspecified atom stereocenters. The fraction of sp³-hybridized carbons (Fsp3) is 0.250. The summed E-state index contributed by atoms with van der Waals surface area (Å²) in [5.41, 5.74) is 2.07. The Hall–Kier alpha value is 0.110. The minimum atomic E-state index is -0.195. The van der Waals surface area contributed by atoms with Crippen molar-refractivity contribution in [1.82, 2.24) is 0 Å². The van der Waals surface area contributed by atoms with Crippen LogP contribution in [-0.2, 0) is 5.33 Å².